The summed E-state index contributed by atoms with van der Waals surface area (Å²) in [6.45, 7) is 7.85. The summed E-state index contributed by atoms with van der Waals surface area (Å²) in [5, 5.41) is 3.53. The van der Waals surface area contributed by atoms with Crippen LogP contribution in [0.5, 0.6) is 0 Å². The molecular weight excluding hydrogens is 212 g/mol. The molecule has 2 aliphatic rings. The molecule has 0 radical (unpaired) electrons. The zero-order valence-electron chi connectivity index (χ0n) is 11.5. The molecule has 1 aliphatic heterocycles. The number of nitrogens with one attached hydrogen (secondary N) is 1. The first kappa shape index (κ1) is 13.3. The predicted molar refractivity (Wildman–Crippen MR) is 71.2 cm³/mol. The summed E-state index contributed by atoms with van der Waals surface area (Å²) in [5.74, 6) is 1.96. The highest BCUT2D eigenvalue weighted by Gasteiger charge is 2.31. The fraction of sp³-hybridized carbons (Fsp3) is 1.00. The van der Waals surface area contributed by atoms with Gasteiger partial charge >= 0.3 is 0 Å². The molecule has 1 heterocycles. The van der Waals surface area contributed by atoms with Gasteiger partial charge in [-0.3, -0.25) is 0 Å². The molecule has 100 valence electrons. The molecule has 1 saturated carbocycles. The Kier molecular flexibility index (Phi) is 5.26. The normalized spacial score (nSPS) is 31.4. The van der Waals surface area contributed by atoms with Gasteiger partial charge in [0.15, 0.2) is 0 Å². The summed E-state index contributed by atoms with van der Waals surface area (Å²) >= 11 is 0. The van der Waals surface area contributed by atoms with Crippen LogP contribution < -0.4 is 5.32 Å². The van der Waals surface area contributed by atoms with Crippen molar-refractivity contribution in [2.45, 2.75) is 38.6 Å². The maximum atomic E-state index is 5.30. The molecule has 3 atom stereocenters. The Bertz CT molecular complexity index is 204. The van der Waals surface area contributed by atoms with Crippen LogP contribution in [0.15, 0.2) is 0 Å². The van der Waals surface area contributed by atoms with Crippen molar-refractivity contribution in [2.75, 3.05) is 39.9 Å². The number of nitrogens with zero attached hydrogens (tertiary/aromatic N) is 1. The third kappa shape index (κ3) is 3.94. The second-order valence-corrected chi connectivity index (χ2v) is 5.83. The standard InChI is InChI=1S/C14H28N2O/c1-3-15-14(11-17-2)10-16-8-12-5-4-6-13(7-12)9-16/h12-15H,3-11H2,1-2H3. The Morgan fingerprint density at radius 1 is 1.29 bits per heavy atom. The van der Waals surface area contributed by atoms with E-state index in [1.807, 2.05) is 0 Å². The minimum absolute atomic E-state index is 0.504. The van der Waals surface area contributed by atoms with Crippen LogP contribution in [0.4, 0.5) is 0 Å². The van der Waals surface area contributed by atoms with Gasteiger partial charge in [0, 0.05) is 32.8 Å². The van der Waals surface area contributed by atoms with E-state index in [0.717, 1.165) is 31.5 Å². The van der Waals surface area contributed by atoms with E-state index in [4.69, 9.17) is 4.74 Å². The molecule has 1 saturated heterocycles. The lowest BCUT2D eigenvalue weighted by Crippen LogP contribution is -2.49. The molecule has 0 aromatic carbocycles. The molecule has 2 fully saturated rings. The van der Waals surface area contributed by atoms with Crippen molar-refractivity contribution in [3.63, 3.8) is 0 Å². The Morgan fingerprint density at radius 2 is 2.00 bits per heavy atom. The van der Waals surface area contributed by atoms with Crippen molar-refractivity contribution < 1.29 is 4.74 Å². The van der Waals surface area contributed by atoms with E-state index in [1.54, 1.807) is 7.11 Å². The van der Waals surface area contributed by atoms with Crippen molar-refractivity contribution in [2.24, 2.45) is 11.8 Å². The zero-order chi connectivity index (χ0) is 12.1. The lowest BCUT2D eigenvalue weighted by Gasteiger charge is -2.42. The van der Waals surface area contributed by atoms with Crippen molar-refractivity contribution in [1.82, 2.24) is 10.2 Å². The monoisotopic (exact) mass is 240 g/mol. The number of likely N-dealkylation sites (tertiary alicyclic amines) is 1. The van der Waals surface area contributed by atoms with E-state index in [2.05, 4.69) is 17.1 Å². The minimum atomic E-state index is 0.504. The third-order valence-electron chi connectivity index (χ3n) is 4.26. The predicted octanol–water partition coefficient (Wildman–Crippen LogP) is 1.73. The van der Waals surface area contributed by atoms with Gasteiger partial charge < -0.3 is 15.0 Å². The number of rotatable bonds is 6. The number of likely N-dealkylation sites (N-methyl/N-ethyl adjacent to an activating group) is 1. The first-order chi connectivity index (χ1) is 8.31. The average molecular weight is 240 g/mol. The van der Waals surface area contributed by atoms with Crippen LogP contribution in [0, 0.1) is 11.8 Å². The number of fused-ring (bicyclic) bond motifs is 2. The molecule has 2 bridgehead atoms. The molecule has 3 heteroatoms. The summed E-state index contributed by atoms with van der Waals surface area (Å²) < 4.78 is 5.30. The number of hydrogen-bond acceptors (Lipinski definition) is 3. The lowest BCUT2D eigenvalue weighted by atomic mass is 9.78. The zero-order valence-corrected chi connectivity index (χ0v) is 11.5. The van der Waals surface area contributed by atoms with Gasteiger partial charge in [-0.15, -0.1) is 0 Å². The SMILES string of the molecule is CCNC(COC)CN1CC2CCCC(C2)C1. The third-order valence-corrected chi connectivity index (χ3v) is 4.26. The number of ether oxygens (including phenoxy) is 1. The Balaban J connectivity index is 1.80. The number of methoxy groups -OCH3 is 1. The molecule has 0 spiro atoms. The fourth-order valence-corrected chi connectivity index (χ4v) is 3.67. The van der Waals surface area contributed by atoms with Gasteiger partial charge in [0.25, 0.3) is 0 Å². The molecule has 0 aromatic heterocycles. The molecule has 1 aliphatic carbocycles. The first-order valence-corrected chi connectivity index (χ1v) is 7.26. The van der Waals surface area contributed by atoms with Gasteiger partial charge in [-0.2, -0.15) is 0 Å². The number of hydrogen-bond donors (Lipinski definition) is 1. The van der Waals surface area contributed by atoms with Crippen molar-refractivity contribution >= 4 is 0 Å². The van der Waals surface area contributed by atoms with E-state index >= 15 is 0 Å². The van der Waals surface area contributed by atoms with E-state index in [9.17, 15) is 0 Å². The van der Waals surface area contributed by atoms with Crippen LogP contribution in [0.3, 0.4) is 0 Å². The second kappa shape index (κ2) is 6.72. The molecule has 0 aromatic rings. The van der Waals surface area contributed by atoms with Gasteiger partial charge in [-0.05, 0) is 37.6 Å². The maximum absolute atomic E-state index is 5.30. The van der Waals surface area contributed by atoms with Crippen LogP contribution >= 0.6 is 0 Å². The van der Waals surface area contributed by atoms with Crippen LogP contribution in [-0.2, 0) is 4.74 Å². The maximum Gasteiger partial charge on any atom is 0.0628 e. The highest BCUT2D eigenvalue weighted by atomic mass is 16.5. The van der Waals surface area contributed by atoms with Gasteiger partial charge in [0.1, 0.15) is 0 Å². The van der Waals surface area contributed by atoms with Gasteiger partial charge in [-0.25, -0.2) is 0 Å². The molecule has 3 nitrogen and oxygen atoms in total. The summed E-state index contributed by atoms with van der Waals surface area (Å²) in [7, 11) is 1.80. The summed E-state index contributed by atoms with van der Waals surface area (Å²) in [6, 6.07) is 0.504. The second-order valence-electron chi connectivity index (χ2n) is 5.83. The highest BCUT2D eigenvalue weighted by Crippen LogP contribution is 2.34. The van der Waals surface area contributed by atoms with Crippen LogP contribution in [0.2, 0.25) is 0 Å². The Hall–Kier alpha value is -0.120. The van der Waals surface area contributed by atoms with E-state index in [-0.39, 0.29) is 0 Å². The van der Waals surface area contributed by atoms with Crippen LogP contribution in [0.25, 0.3) is 0 Å². The smallest absolute Gasteiger partial charge is 0.0628 e. The molecule has 2 rings (SSSR count). The Morgan fingerprint density at radius 3 is 2.59 bits per heavy atom. The van der Waals surface area contributed by atoms with Crippen molar-refractivity contribution in [1.29, 1.82) is 0 Å². The summed E-state index contributed by atoms with van der Waals surface area (Å²) in [6.07, 6.45) is 5.89. The van der Waals surface area contributed by atoms with E-state index in [0.29, 0.717) is 6.04 Å². The largest absolute Gasteiger partial charge is 0.383 e. The van der Waals surface area contributed by atoms with Crippen molar-refractivity contribution in [3.05, 3.63) is 0 Å². The molecule has 17 heavy (non-hydrogen) atoms. The summed E-state index contributed by atoms with van der Waals surface area (Å²) in [5.41, 5.74) is 0. The van der Waals surface area contributed by atoms with Crippen LogP contribution in [0.1, 0.15) is 32.6 Å². The Labute approximate surface area is 106 Å². The first-order valence-electron chi connectivity index (χ1n) is 7.26. The van der Waals surface area contributed by atoms with Gasteiger partial charge in [0.05, 0.1) is 6.61 Å². The summed E-state index contributed by atoms with van der Waals surface area (Å²) in [4.78, 5) is 2.67. The quantitative estimate of drug-likeness (QED) is 0.765. The average Bonchev–Trinajstić information content (AvgIpc) is 2.29. The molecule has 3 unspecified atom stereocenters. The molecule has 1 N–H and O–H groups in total. The van der Waals surface area contributed by atoms with Gasteiger partial charge in [-0.1, -0.05) is 13.3 Å². The van der Waals surface area contributed by atoms with Gasteiger partial charge in [0.2, 0.25) is 0 Å². The molecule has 0 amide bonds. The van der Waals surface area contributed by atoms with E-state index < -0.39 is 0 Å². The lowest BCUT2D eigenvalue weighted by molar-refractivity contribution is 0.0647. The minimum Gasteiger partial charge on any atom is -0.383 e. The number of piperidine rings is 1. The van der Waals surface area contributed by atoms with E-state index in [1.165, 1.54) is 38.8 Å². The topological polar surface area (TPSA) is 24.5 Å². The molecular formula is C14H28N2O. The highest BCUT2D eigenvalue weighted by molar-refractivity contribution is 4.85. The fourth-order valence-electron chi connectivity index (χ4n) is 3.67. The van der Waals surface area contributed by atoms with Crippen molar-refractivity contribution in [3.8, 4) is 0 Å². The van der Waals surface area contributed by atoms with Crippen LogP contribution in [-0.4, -0.2) is 50.8 Å².